The van der Waals surface area contributed by atoms with Gasteiger partial charge >= 0.3 is 0 Å². The van der Waals surface area contributed by atoms with Gasteiger partial charge in [-0.2, -0.15) is 0 Å². The quantitative estimate of drug-likeness (QED) is 0.802. The highest BCUT2D eigenvalue weighted by Crippen LogP contribution is 2.23. The van der Waals surface area contributed by atoms with Gasteiger partial charge in [-0.05, 0) is 18.8 Å². The van der Waals surface area contributed by atoms with E-state index in [1.54, 1.807) is 6.20 Å². The van der Waals surface area contributed by atoms with Crippen LogP contribution in [-0.2, 0) is 6.54 Å². The van der Waals surface area contributed by atoms with Crippen LogP contribution in [0.5, 0.6) is 0 Å². The standard InChI is InChI=1S/C11H18N2O/c1-9-4-2-3-5-11(9)12-8-10-6-7-13-14-10/h6-7,9,11-12H,2-5,8H2,1H3. The minimum atomic E-state index is 0.661. The van der Waals surface area contributed by atoms with Gasteiger partial charge < -0.3 is 9.84 Å². The molecule has 2 rings (SSSR count). The minimum Gasteiger partial charge on any atom is -0.360 e. The van der Waals surface area contributed by atoms with E-state index in [4.69, 9.17) is 4.52 Å². The van der Waals surface area contributed by atoms with Crippen molar-refractivity contribution in [3.05, 3.63) is 18.0 Å². The molecule has 0 amide bonds. The Balaban J connectivity index is 1.79. The van der Waals surface area contributed by atoms with Crippen LogP contribution in [0.25, 0.3) is 0 Å². The molecule has 0 aliphatic heterocycles. The molecule has 2 unspecified atom stereocenters. The molecule has 0 radical (unpaired) electrons. The van der Waals surface area contributed by atoms with Crippen LogP contribution >= 0.6 is 0 Å². The molecule has 3 heteroatoms. The zero-order chi connectivity index (χ0) is 9.80. The molecular formula is C11H18N2O. The summed E-state index contributed by atoms with van der Waals surface area (Å²) in [6.07, 6.45) is 7.10. The lowest BCUT2D eigenvalue weighted by Gasteiger charge is -2.29. The predicted molar refractivity (Wildman–Crippen MR) is 54.8 cm³/mol. The summed E-state index contributed by atoms with van der Waals surface area (Å²) in [6, 6.07) is 2.58. The molecule has 0 saturated heterocycles. The van der Waals surface area contributed by atoms with E-state index in [0.29, 0.717) is 6.04 Å². The maximum Gasteiger partial charge on any atom is 0.150 e. The van der Waals surface area contributed by atoms with Crippen molar-refractivity contribution in [1.82, 2.24) is 10.5 Å². The average Bonchev–Trinajstić information content (AvgIpc) is 2.69. The van der Waals surface area contributed by atoms with Crippen molar-refractivity contribution in [1.29, 1.82) is 0 Å². The van der Waals surface area contributed by atoms with E-state index in [1.807, 2.05) is 6.07 Å². The summed E-state index contributed by atoms with van der Waals surface area (Å²) in [5, 5.41) is 7.23. The largest absolute Gasteiger partial charge is 0.360 e. The molecule has 1 aromatic heterocycles. The van der Waals surface area contributed by atoms with Crippen LogP contribution in [0.1, 0.15) is 38.4 Å². The van der Waals surface area contributed by atoms with E-state index in [1.165, 1.54) is 25.7 Å². The monoisotopic (exact) mass is 194 g/mol. The van der Waals surface area contributed by atoms with Crippen molar-refractivity contribution >= 4 is 0 Å². The maximum atomic E-state index is 5.05. The lowest BCUT2D eigenvalue weighted by molar-refractivity contribution is 0.267. The van der Waals surface area contributed by atoms with Crippen LogP contribution in [0, 0.1) is 5.92 Å². The molecule has 1 aromatic rings. The minimum absolute atomic E-state index is 0.661. The molecule has 78 valence electrons. The van der Waals surface area contributed by atoms with Crippen LogP contribution in [0.3, 0.4) is 0 Å². The van der Waals surface area contributed by atoms with Gasteiger partial charge in [-0.3, -0.25) is 0 Å². The first kappa shape index (κ1) is 9.71. The number of hydrogen-bond acceptors (Lipinski definition) is 3. The molecule has 1 aliphatic carbocycles. The molecule has 14 heavy (non-hydrogen) atoms. The van der Waals surface area contributed by atoms with E-state index in [-0.39, 0.29) is 0 Å². The lowest BCUT2D eigenvalue weighted by Crippen LogP contribution is -2.36. The average molecular weight is 194 g/mol. The van der Waals surface area contributed by atoms with Gasteiger partial charge in [0, 0.05) is 12.1 Å². The Morgan fingerprint density at radius 3 is 3.07 bits per heavy atom. The third kappa shape index (κ3) is 2.35. The van der Waals surface area contributed by atoms with Crippen LogP contribution in [0.4, 0.5) is 0 Å². The number of nitrogens with one attached hydrogen (secondary N) is 1. The second kappa shape index (κ2) is 4.60. The Morgan fingerprint density at radius 2 is 2.36 bits per heavy atom. The van der Waals surface area contributed by atoms with E-state index in [2.05, 4.69) is 17.4 Å². The van der Waals surface area contributed by atoms with Gasteiger partial charge in [-0.15, -0.1) is 0 Å². The van der Waals surface area contributed by atoms with E-state index < -0.39 is 0 Å². The molecule has 1 heterocycles. The maximum absolute atomic E-state index is 5.05. The predicted octanol–water partition coefficient (Wildman–Crippen LogP) is 2.34. The highest BCUT2D eigenvalue weighted by Gasteiger charge is 2.20. The third-order valence-corrected chi connectivity index (χ3v) is 3.14. The van der Waals surface area contributed by atoms with Gasteiger partial charge in [0.05, 0.1) is 12.7 Å². The van der Waals surface area contributed by atoms with Crippen molar-refractivity contribution in [3.8, 4) is 0 Å². The molecule has 2 atom stereocenters. The summed E-state index contributed by atoms with van der Waals surface area (Å²) in [7, 11) is 0. The highest BCUT2D eigenvalue weighted by molar-refractivity contribution is 4.93. The number of hydrogen-bond donors (Lipinski definition) is 1. The van der Waals surface area contributed by atoms with Crippen LogP contribution in [0.2, 0.25) is 0 Å². The van der Waals surface area contributed by atoms with Crippen molar-refractivity contribution < 1.29 is 4.52 Å². The normalized spacial score (nSPS) is 27.8. The Kier molecular flexibility index (Phi) is 3.19. The van der Waals surface area contributed by atoms with Gasteiger partial charge in [0.15, 0.2) is 0 Å². The van der Waals surface area contributed by atoms with Gasteiger partial charge in [0.2, 0.25) is 0 Å². The molecule has 1 N–H and O–H groups in total. The Hall–Kier alpha value is -0.830. The smallest absolute Gasteiger partial charge is 0.150 e. The first-order valence-electron chi connectivity index (χ1n) is 5.49. The summed E-state index contributed by atoms with van der Waals surface area (Å²) >= 11 is 0. The first-order valence-corrected chi connectivity index (χ1v) is 5.49. The zero-order valence-corrected chi connectivity index (χ0v) is 8.70. The fourth-order valence-corrected chi connectivity index (χ4v) is 2.18. The summed E-state index contributed by atoms with van der Waals surface area (Å²) in [5.74, 6) is 1.73. The number of rotatable bonds is 3. The van der Waals surface area contributed by atoms with E-state index in [0.717, 1.165) is 18.2 Å². The van der Waals surface area contributed by atoms with Crippen molar-refractivity contribution in [3.63, 3.8) is 0 Å². The fourth-order valence-electron chi connectivity index (χ4n) is 2.18. The molecule has 0 spiro atoms. The lowest BCUT2D eigenvalue weighted by atomic mass is 9.86. The van der Waals surface area contributed by atoms with Crippen LogP contribution < -0.4 is 5.32 Å². The van der Waals surface area contributed by atoms with Crippen molar-refractivity contribution in [2.45, 2.75) is 45.2 Å². The van der Waals surface area contributed by atoms with Gasteiger partial charge in [-0.25, -0.2) is 0 Å². The summed E-state index contributed by atoms with van der Waals surface area (Å²) < 4.78 is 5.05. The number of nitrogens with zero attached hydrogens (tertiary/aromatic N) is 1. The molecule has 1 saturated carbocycles. The summed E-state index contributed by atoms with van der Waals surface area (Å²) in [5.41, 5.74) is 0. The zero-order valence-electron chi connectivity index (χ0n) is 8.70. The number of aromatic nitrogens is 1. The molecule has 0 aromatic carbocycles. The summed E-state index contributed by atoms with van der Waals surface area (Å²) in [6.45, 7) is 3.15. The van der Waals surface area contributed by atoms with Crippen molar-refractivity contribution in [2.24, 2.45) is 5.92 Å². The SMILES string of the molecule is CC1CCCCC1NCc1ccno1. The topological polar surface area (TPSA) is 38.1 Å². The highest BCUT2D eigenvalue weighted by atomic mass is 16.5. The van der Waals surface area contributed by atoms with Gasteiger partial charge in [-0.1, -0.05) is 24.9 Å². The van der Waals surface area contributed by atoms with Gasteiger partial charge in [0.1, 0.15) is 5.76 Å². The Labute approximate surface area is 84.9 Å². The second-order valence-corrected chi connectivity index (χ2v) is 4.23. The third-order valence-electron chi connectivity index (χ3n) is 3.14. The summed E-state index contributed by atoms with van der Waals surface area (Å²) in [4.78, 5) is 0. The van der Waals surface area contributed by atoms with Crippen LogP contribution in [-0.4, -0.2) is 11.2 Å². The second-order valence-electron chi connectivity index (χ2n) is 4.23. The Bertz CT molecular complexity index is 258. The first-order chi connectivity index (χ1) is 6.86. The fraction of sp³-hybridized carbons (Fsp3) is 0.727. The Morgan fingerprint density at radius 1 is 1.50 bits per heavy atom. The molecule has 1 fully saturated rings. The molecule has 0 bridgehead atoms. The van der Waals surface area contributed by atoms with E-state index in [9.17, 15) is 0 Å². The van der Waals surface area contributed by atoms with Crippen LogP contribution in [0.15, 0.2) is 16.8 Å². The molecule has 1 aliphatic rings. The molecular weight excluding hydrogens is 176 g/mol. The van der Waals surface area contributed by atoms with Crippen molar-refractivity contribution in [2.75, 3.05) is 0 Å². The van der Waals surface area contributed by atoms with E-state index >= 15 is 0 Å². The molecule has 3 nitrogen and oxygen atoms in total. The van der Waals surface area contributed by atoms with Gasteiger partial charge in [0.25, 0.3) is 0 Å².